The van der Waals surface area contributed by atoms with Crippen molar-refractivity contribution in [2.24, 2.45) is 5.92 Å². The van der Waals surface area contributed by atoms with Crippen molar-refractivity contribution in [3.8, 4) is 11.1 Å². The lowest BCUT2D eigenvalue weighted by molar-refractivity contribution is -0.150. The molecule has 0 spiro atoms. The summed E-state index contributed by atoms with van der Waals surface area (Å²) in [5.74, 6) is -0.472. The normalized spacial score (nSPS) is 18.1. The minimum Gasteiger partial charge on any atom is -0.466 e. The first-order chi connectivity index (χ1) is 18.0. The molecule has 2 atom stereocenters. The number of nitrogens with one attached hydrogen (secondary N) is 1. The van der Waals surface area contributed by atoms with Gasteiger partial charge in [-0.3, -0.25) is 14.2 Å². The van der Waals surface area contributed by atoms with Crippen molar-refractivity contribution < 1.29 is 9.53 Å². The minimum atomic E-state index is -0.418. The molecule has 37 heavy (non-hydrogen) atoms. The highest BCUT2D eigenvalue weighted by Crippen LogP contribution is 2.35. The number of hydrogen-bond acceptors (Lipinski definition) is 5. The lowest BCUT2D eigenvalue weighted by Gasteiger charge is -2.37. The number of ether oxygens (including phenoxy) is 1. The van der Waals surface area contributed by atoms with Crippen molar-refractivity contribution in [2.45, 2.75) is 25.8 Å². The number of rotatable bonds is 7. The summed E-state index contributed by atoms with van der Waals surface area (Å²) in [5.41, 5.74) is 3.24. The number of carbonyl (C=O) groups is 1. The first-order valence-electron chi connectivity index (χ1n) is 12.8. The summed E-state index contributed by atoms with van der Waals surface area (Å²) in [6, 6.07) is 25.7. The topological polar surface area (TPSA) is 84.4 Å². The van der Waals surface area contributed by atoms with Crippen molar-refractivity contribution in [3.63, 3.8) is 0 Å². The van der Waals surface area contributed by atoms with Crippen LogP contribution in [0.5, 0.6) is 0 Å². The Morgan fingerprint density at radius 1 is 0.919 bits per heavy atom. The minimum absolute atomic E-state index is 0.0481. The Balaban J connectivity index is 1.32. The zero-order chi connectivity index (χ0) is 25.8. The number of piperidine rings is 1. The molecule has 1 saturated heterocycles. The van der Waals surface area contributed by atoms with Crippen molar-refractivity contribution in [3.05, 3.63) is 105 Å². The standard InChI is InChI=1S/C30H31N3O4/c1-2-37-29(35)26-20-32(18-19-33-28(34)25-10-6-7-11-27(25)31-30(33)36)17-16-24(26)23-14-12-22(13-15-23)21-8-4-3-5-9-21/h3-15,24,26H,2,16-20H2,1H3,(H,31,36)/t24?,26-/m1/s1. The van der Waals surface area contributed by atoms with E-state index in [-0.39, 0.29) is 29.9 Å². The molecule has 0 saturated carbocycles. The van der Waals surface area contributed by atoms with Gasteiger partial charge in [0.15, 0.2) is 0 Å². The van der Waals surface area contributed by atoms with E-state index in [2.05, 4.69) is 46.3 Å². The van der Waals surface area contributed by atoms with Crippen molar-refractivity contribution in [1.29, 1.82) is 0 Å². The lowest BCUT2D eigenvalue weighted by Crippen LogP contribution is -2.46. The molecule has 7 heteroatoms. The molecule has 0 aliphatic carbocycles. The predicted molar refractivity (Wildman–Crippen MR) is 145 cm³/mol. The maximum Gasteiger partial charge on any atom is 0.328 e. The summed E-state index contributed by atoms with van der Waals surface area (Å²) < 4.78 is 6.69. The smallest absolute Gasteiger partial charge is 0.328 e. The number of para-hydroxylation sites is 1. The number of aromatic nitrogens is 2. The molecular weight excluding hydrogens is 466 g/mol. The number of benzene rings is 3. The van der Waals surface area contributed by atoms with E-state index in [1.165, 1.54) is 4.57 Å². The van der Waals surface area contributed by atoms with E-state index >= 15 is 0 Å². The monoisotopic (exact) mass is 497 g/mol. The Kier molecular flexibility index (Phi) is 7.32. The molecule has 5 rings (SSSR count). The van der Waals surface area contributed by atoms with E-state index in [0.29, 0.717) is 30.6 Å². The van der Waals surface area contributed by atoms with Gasteiger partial charge in [-0.1, -0.05) is 66.7 Å². The van der Waals surface area contributed by atoms with Crippen molar-refractivity contribution in [1.82, 2.24) is 14.5 Å². The molecule has 1 aliphatic rings. The van der Waals surface area contributed by atoms with Crippen LogP contribution >= 0.6 is 0 Å². The van der Waals surface area contributed by atoms with Crippen LogP contribution in [0.15, 0.2) is 88.5 Å². The van der Waals surface area contributed by atoms with Crippen LogP contribution in [0.25, 0.3) is 22.0 Å². The quantitative estimate of drug-likeness (QED) is 0.390. The zero-order valence-electron chi connectivity index (χ0n) is 20.9. The van der Waals surface area contributed by atoms with Crippen molar-refractivity contribution >= 4 is 16.9 Å². The van der Waals surface area contributed by atoms with Gasteiger partial charge in [0, 0.05) is 19.6 Å². The second-order valence-electron chi connectivity index (χ2n) is 9.47. The Morgan fingerprint density at radius 2 is 1.62 bits per heavy atom. The summed E-state index contributed by atoms with van der Waals surface area (Å²) >= 11 is 0. The highest BCUT2D eigenvalue weighted by molar-refractivity contribution is 5.77. The van der Waals surface area contributed by atoms with Gasteiger partial charge in [0.05, 0.1) is 23.4 Å². The Bertz CT molecular complexity index is 1490. The number of esters is 1. The maximum absolute atomic E-state index is 13.0. The molecule has 0 bridgehead atoms. The third-order valence-electron chi connectivity index (χ3n) is 7.26. The number of likely N-dealkylation sites (tertiary alicyclic amines) is 1. The summed E-state index contributed by atoms with van der Waals surface area (Å²) in [6.07, 6.45) is 0.789. The number of H-pyrrole nitrogens is 1. The largest absolute Gasteiger partial charge is 0.466 e. The summed E-state index contributed by atoms with van der Waals surface area (Å²) in [6.45, 7) is 4.19. The molecular formula is C30H31N3O4. The molecule has 1 aromatic heterocycles. The van der Waals surface area contributed by atoms with Gasteiger partial charge in [0.2, 0.25) is 0 Å². The van der Waals surface area contributed by atoms with Gasteiger partial charge in [-0.2, -0.15) is 0 Å². The van der Waals surface area contributed by atoms with E-state index in [9.17, 15) is 14.4 Å². The number of fused-ring (bicyclic) bond motifs is 1. The molecule has 1 fully saturated rings. The third-order valence-corrected chi connectivity index (χ3v) is 7.26. The predicted octanol–water partition coefficient (Wildman–Crippen LogP) is 4.03. The van der Waals surface area contributed by atoms with E-state index in [1.807, 2.05) is 25.1 Å². The molecule has 7 nitrogen and oxygen atoms in total. The lowest BCUT2D eigenvalue weighted by atomic mass is 9.80. The molecule has 2 heterocycles. The van der Waals surface area contributed by atoms with Crippen LogP contribution in [0, 0.1) is 5.92 Å². The molecule has 0 radical (unpaired) electrons. The average molecular weight is 498 g/mol. The van der Waals surface area contributed by atoms with Gasteiger partial charge < -0.3 is 14.6 Å². The fourth-order valence-electron chi connectivity index (χ4n) is 5.31. The van der Waals surface area contributed by atoms with Crippen LogP contribution in [-0.2, 0) is 16.1 Å². The van der Waals surface area contributed by atoms with Crippen LogP contribution in [0.4, 0.5) is 0 Å². The molecule has 190 valence electrons. The van der Waals surface area contributed by atoms with Gasteiger partial charge in [0.1, 0.15) is 0 Å². The first kappa shape index (κ1) is 24.7. The van der Waals surface area contributed by atoms with Crippen molar-refractivity contribution in [2.75, 3.05) is 26.2 Å². The molecule has 0 amide bonds. The highest BCUT2D eigenvalue weighted by atomic mass is 16.5. The van der Waals surface area contributed by atoms with E-state index < -0.39 is 5.69 Å². The third kappa shape index (κ3) is 5.27. The van der Waals surface area contributed by atoms with Crippen LogP contribution in [-0.4, -0.2) is 46.7 Å². The number of carbonyl (C=O) groups excluding carboxylic acids is 1. The van der Waals surface area contributed by atoms with E-state index in [1.54, 1.807) is 24.3 Å². The molecule has 1 unspecified atom stereocenters. The summed E-state index contributed by atoms with van der Waals surface area (Å²) in [7, 11) is 0. The molecule has 1 N–H and O–H groups in total. The second kappa shape index (κ2) is 11.0. The SMILES string of the molecule is CCOC(=O)[C@@H]1CN(CCn2c(=O)[nH]c3ccccc3c2=O)CCC1c1ccc(-c2ccccc2)cc1. The Morgan fingerprint density at radius 3 is 2.38 bits per heavy atom. The first-order valence-corrected chi connectivity index (χ1v) is 12.8. The van der Waals surface area contributed by atoms with Gasteiger partial charge >= 0.3 is 11.7 Å². The van der Waals surface area contributed by atoms with Crippen LogP contribution in [0.3, 0.4) is 0 Å². The van der Waals surface area contributed by atoms with E-state index in [0.717, 1.165) is 29.7 Å². The average Bonchev–Trinajstić information content (AvgIpc) is 2.93. The van der Waals surface area contributed by atoms with E-state index in [4.69, 9.17) is 4.74 Å². The fourth-order valence-corrected chi connectivity index (χ4v) is 5.31. The summed E-state index contributed by atoms with van der Waals surface area (Å²) in [4.78, 5) is 43.4. The van der Waals surface area contributed by atoms with Crippen LogP contribution in [0.2, 0.25) is 0 Å². The van der Waals surface area contributed by atoms with Crippen LogP contribution in [0.1, 0.15) is 24.8 Å². The number of nitrogens with zero attached hydrogens (tertiary/aromatic N) is 2. The van der Waals surface area contributed by atoms with Gasteiger partial charge in [-0.15, -0.1) is 0 Å². The van der Waals surface area contributed by atoms with Gasteiger partial charge in [-0.05, 0) is 54.6 Å². The fraction of sp³-hybridized carbons (Fsp3) is 0.300. The zero-order valence-corrected chi connectivity index (χ0v) is 20.9. The van der Waals surface area contributed by atoms with Gasteiger partial charge in [0.25, 0.3) is 5.56 Å². The second-order valence-corrected chi connectivity index (χ2v) is 9.47. The Hall–Kier alpha value is -3.97. The van der Waals surface area contributed by atoms with Gasteiger partial charge in [-0.25, -0.2) is 4.79 Å². The molecule has 3 aromatic carbocycles. The Labute approximate surface area is 215 Å². The number of hydrogen-bond donors (Lipinski definition) is 1. The van der Waals surface area contributed by atoms with Crippen LogP contribution < -0.4 is 11.2 Å². The number of aromatic amines is 1. The molecule has 1 aliphatic heterocycles. The maximum atomic E-state index is 13.0. The summed E-state index contributed by atoms with van der Waals surface area (Å²) in [5, 5.41) is 0.490. The molecule has 4 aromatic rings. The highest BCUT2D eigenvalue weighted by Gasteiger charge is 2.36.